The Kier molecular flexibility index (Phi) is 6.96. The molecule has 2 heterocycles. The summed E-state index contributed by atoms with van der Waals surface area (Å²) >= 11 is 0. The molecule has 14 heteroatoms. The molecule has 35 heavy (non-hydrogen) atoms. The number of para-hydroxylation sites is 1. The highest BCUT2D eigenvalue weighted by atomic mass is 19.4. The van der Waals surface area contributed by atoms with Gasteiger partial charge in [-0.3, -0.25) is 14.6 Å². The number of carbonyl (C=O) groups is 3. The first-order valence-electron chi connectivity index (χ1n) is 10.6. The number of nitrogens with zero attached hydrogens (tertiary/aromatic N) is 3. The number of anilines is 1. The molecular formula is C21H25F3N6O5. The number of carboxylic acid groups (broad SMARTS) is 1. The Labute approximate surface area is 198 Å². The van der Waals surface area contributed by atoms with Crippen molar-refractivity contribution in [1.82, 2.24) is 15.5 Å². The molecule has 0 aliphatic carbocycles. The van der Waals surface area contributed by atoms with Crippen molar-refractivity contribution in [2.75, 3.05) is 18.5 Å². The molecular weight excluding hydrogens is 473 g/mol. The lowest BCUT2D eigenvalue weighted by molar-refractivity contribution is -0.137. The second kappa shape index (κ2) is 9.44. The zero-order valence-electron chi connectivity index (χ0n) is 19.1. The van der Waals surface area contributed by atoms with Gasteiger partial charge >= 0.3 is 18.4 Å². The van der Waals surface area contributed by atoms with Crippen molar-refractivity contribution in [1.29, 1.82) is 0 Å². The maximum absolute atomic E-state index is 14.1. The summed E-state index contributed by atoms with van der Waals surface area (Å²) in [6.07, 6.45) is -6.41. The van der Waals surface area contributed by atoms with E-state index in [1.807, 2.05) is 13.8 Å². The summed E-state index contributed by atoms with van der Waals surface area (Å²) in [7, 11) is 1.24. The highest BCUT2D eigenvalue weighted by Gasteiger charge is 2.47. The van der Waals surface area contributed by atoms with Gasteiger partial charge in [0.05, 0.1) is 35.1 Å². The van der Waals surface area contributed by atoms with Crippen LogP contribution < -0.4 is 21.3 Å². The fraction of sp³-hybridized carbons (Fsp3) is 0.429. The van der Waals surface area contributed by atoms with Gasteiger partial charge in [0.15, 0.2) is 5.76 Å². The molecule has 3 amide bonds. The van der Waals surface area contributed by atoms with E-state index in [9.17, 15) is 27.6 Å². The maximum atomic E-state index is 14.1. The van der Waals surface area contributed by atoms with E-state index in [-0.39, 0.29) is 12.5 Å². The third-order valence-corrected chi connectivity index (χ3v) is 6.02. The van der Waals surface area contributed by atoms with E-state index < -0.39 is 58.5 Å². The van der Waals surface area contributed by atoms with E-state index >= 15 is 0 Å². The van der Waals surface area contributed by atoms with E-state index in [2.05, 4.69) is 20.4 Å². The number of guanidine groups is 1. The predicted molar refractivity (Wildman–Crippen MR) is 118 cm³/mol. The Hall–Kier alpha value is -3.81. The molecule has 1 saturated heterocycles. The third kappa shape index (κ3) is 4.73. The monoisotopic (exact) mass is 498 g/mol. The Morgan fingerprint density at radius 2 is 2.00 bits per heavy atom. The van der Waals surface area contributed by atoms with Crippen molar-refractivity contribution in [2.45, 2.75) is 44.6 Å². The van der Waals surface area contributed by atoms with Crippen LogP contribution in [0, 0.1) is 0 Å². The van der Waals surface area contributed by atoms with Crippen LogP contribution in [0.3, 0.4) is 0 Å². The van der Waals surface area contributed by atoms with Crippen LogP contribution in [-0.4, -0.2) is 59.4 Å². The summed E-state index contributed by atoms with van der Waals surface area (Å²) in [6.45, 7) is 3.75. The van der Waals surface area contributed by atoms with Gasteiger partial charge < -0.3 is 26.2 Å². The Bertz CT molecular complexity index is 1100. The van der Waals surface area contributed by atoms with Gasteiger partial charge in [-0.05, 0) is 25.0 Å². The van der Waals surface area contributed by atoms with Crippen molar-refractivity contribution in [3.8, 4) is 0 Å². The predicted octanol–water partition coefficient (Wildman–Crippen LogP) is 2.65. The van der Waals surface area contributed by atoms with Gasteiger partial charge in [-0.2, -0.15) is 13.2 Å². The molecule has 0 radical (unpaired) electrons. The molecule has 1 aromatic rings. The van der Waals surface area contributed by atoms with Crippen molar-refractivity contribution in [3.63, 3.8) is 0 Å². The number of halogens is 3. The van der Waals surface area contributed by atoms with Gasteiger partial charge in [-0.25, -0.2) is 14.6 Å². The Balaban J connectivity index is 2.28. The second-order valence-electron chi connectivity index (χ2n) is 7.93. The van der Waals surface area contributed by atoms with Crippen LogP contribution in [0.5, 0.6) is 0 Å². The number of urea groups is 1. The summed E-state index contributed by atoms with van der Waals surface area (Å²) in [4.78, 5) is 42.6. The lowest BCUT2D eigenvalue weighted by atomic mass is 9.94. The molecule has 0 aromatic heterocycles. The summed E-state index contributed by atoms with van der Waals surface area (Å²) in [5.74, 6) is -1.69. The van der Waals surface area contributed by atoms with E-state index in [1.54, 1.807) is 0 Å². The Morgan fingerprint density at radius 3 is 2.51 bits per heavy atom. The minimum atomic E-state index is -4.94. The van der Waals surface area contributed by atoms with Crippen LogP contribution in [0.2, 0.25) is 0 Å². The zero-order chi connectivity index (χ0) is 26.1. The number of rotatable bonds is 5. The molecule has 1 atom stereocenters. The zero-order valence-corrected chi connectivity index (χ0v) is 19.1. The summed E-state index contributed by atoms with van der Waals surface area (Å²) in [5, 5.41) is 14.2. The molecule has 2 aliphatic rings. The average molecular weight is 498 g/mol. The quantitative estimate of drug-likeness (QED) is 0.456. The number of nitrogens with two attached hydrogens (primary N) is 1. The normalized spacial score (nSPS) is 19.6. The first-order valence-corrected chi connectivity index (χ1v) is 10.6. The second-order valence-corrected chi connectivity index (χ2v) is 7.93. The molecule has 0 spiro atoms. The summed E-state index contributed by atoms with van der Waals surface area (Å²) in [5.41, 5.74) is 3.15. The topological polar surface area (TPSA) is 150 Å². The van der Waals surface area contributed by atoms with Crippen LogP contribution in [0.4, 0.5) is 28.4 Å². The van der Waals surface area contributed by atoms with Crippen LogP contribution in [0.15, 0.2) is 35.2 Å². The first-order chi connectivity index (χ1) is 16.4. The largest absolute Gasteiger partial charge is 0.511 e. The average Bonchev–Trinajstić information content (AvgIpc) is 3.15. The molecule has 1 aromatic carbocycles. The highest BCUT2D eigenvalue weighted by molar-refractivity contribution is 6.12. The maximum Gasteiger partial charge on any atom is 0.511 e. The van der Waals surface area contributed by atoms with Crippen molar-refractivity contribution in [3.05, 3.63) is 41.3 Å². The van der Waals surface area contributed by atoms with E-state index in [1.165, 1.54) is 7.05 Å². The van der Waals surface area contributed by atoms with Crippen LogP contribution in [-0.2, 0) is 10.9 Å². The first kappa shape index (κ1) is 25.8. The molecule has 1 fully saturated rings. The molecule has 2 aliphatic heterocycles. The van der Waals surface area contributed by atoms with Crippen molar-refractivity contribution >= 4 is 29.7 Å². The third-order valence-electron chi connectivity index (χ3n) is 6.02. The molecule has 11 nitrogen and oxygen atoms in total. The fourth-order valence-corrected chi connectivity index (χ4v) is 4.01. The molecule has 1 unspecified atom stereocenters. The summed E-state index contributed by atoms with van der Waals surface area (Å²) in [6, 6.07) is 2.31. The number of hydrogen-bond acceptors (Lipinski definition) is 7. The number of alkyl halides is 3. The number of benzene rings is 1. The van der Waals surface area contributed by atoms with E-state index in [0.29, 0.717) is 12.8 Å². The van der Waals surface area contributed by atoms with E-state index in [0.717, 1.165) is 34.2 Å². The molecule has 3 rings (SSSR count). The van der Waals surface area contributed by atoms with Crippen LogP contribution in [0.1, 0.15) is 42.6 Å². The standard InChI is InChI=1S/C21H25F3N6O5/c1-4-20(5-2)10-29(18(32)28-20)17-27-9-13(35-19(33)34)15(25)30(17)14-11(16(31)26-3)7-6-8-12(14)21(22,23)24/h6-9,15H,4-5,10,25H2,1-3H3,(H,26,31)(H,28,32)(H,33,34). The number of hydrogen-bond donors (Lipinski definition) is 4. The number of carbonyl (C=O) groups excluding carboxylic acids is 2. The number of aliphatic imine (C=N–C) groups is 1. The molecule has 190 valence electrons. The lowest BCUT2D eigenvalue weighted by Gasteiger charge is -2.39. The highest BCUT2D eigenvalue weighted by Crippen LogP contribution is 2.41. The summed E-state index contributed by atoms with van der Waals surface area (Å²) < 4.78 is 47.0. The molecule has 0 saturated carbocycles. The smallest absolute Gasteiger partial charge is 0.449 e. The number of amides is 3. The molecule has 5 N–H and O–H groups in total. The minimum Gasteiger partial charge on any atom is -0.449 e. The van der Waals surface area contributed by atoms with E-state index in [4.69, 9.17) is 10.8 Å². The SMILES string of the molecule is CCC1(CC)CN(C2=NC=C(OC(=O)O)C(N)N2c2c(C(=O)NC)cccc2C(F)(F)F)C(=O)N1. The van der Waals surface area contributed by atoms with Gasteiger partial charge in [0, 0.05) is 7.05 Å². The van der Waals surface area contributed by atoms with Gasteiger partial charge in [0.2, 0.25) is 5.96 Å². The van der Waals surface area contributed by atoms with Crippen LogP contribution >= 0.6 is 0 Å². The van der Waals surface area contributed by atoms with Crippen LogP contribution in [0.25, 0.3) is 0 Å². The fourth-order valence-electron chi connectivity index (χ4n) is 4.01. The number of ether oxygens (including phenoxy) is 1. The Morgan fingerprint density at radius 1 is 1.34 bits per heavy atom. The van der Waals surface area contributed by atoms with Crippen molar-refractivity contribution in [2.24, 2.45) is 10.7 Å². The van der Waals surface area contributed by atoms with Gasteiger partial charge in [0.1, 0.15) is 6.17 Å². The van der Waals surface area contributed by atoms with Gasteiger partial charge in [-0.15, -0.1) is 0 Å². The van der Waals surface area contributed by atoms with Gasteiger partial charge in [-0.1, -0.05) is 19.9 Å². The molecule has 0 bridgehead atoms. The van der Waals surface area contributed by atoms with Crippen molar-refractivity contribution < 1.29 is 37.4 Å². The minimum absolute atomic E-state index is 0.0489. The lowest BCUT2D eigenvalue weighted by Crippen LogP contribution is -2.57. The van der Waals surface area contributed by atoms with Gasteiger partial charge in [0.25, 0.3) is 5.91 Å². The number of nitrogens with one attached hydrogen (secondary N) is 2.